The number of aliphatic hydroxyl groups is 1. The molecule has 1 fully saturated rings. The minimum atomic E-state index is -0.863. The second kappa shape index (κ2) is 6.48. The number of fused-ring (bicyclic) bond motifs is 1. The summed E-state index contributed by atoms with van der Waals surface area (Å²) in [6.07, 6.45) is 6.28. The third-order valence-corrected chi connectivity index (χ3v) is 4.25. The first kappa shape index (κ1) is 16.1. The van der Waals surface area contributed by atoms with Crippen molar-refractivity contribution in [2.24, 2.45) is 0 Å². The molecule has 0 spiro atoms. The highest BCUT2D eigenvalue weighted by molar-refractivity contribution is 5.97. The number of nitrogens with zero attached hydrogens (tertiary/aromatic N) is 5. The summed E-state index contributed by atoms with van der Waals surface area (Å²) in [7, 11) is 0. The molecule has 26 heavy (non-hydrogen) atoms. The van der Waals surface area contributed by atoms with Crippen molar-refractivity contribution in [3.63, 3.8) is 0 Å². The van der Waals surface area contributed by atoms with Gasteiger partial charge in [0, 0.05) is 37.1 Å². The van der Waals surface area contributed by atoms with Crippen molar-refractivity contribution in [1.29, 1.82) is 0 Å². The normalized spacial score (nSPS) is 19.7. The van der Waals surface area contributed by atoms with Gasteiger partial charge in [0.25, 0.3) is 11.8 Å². The van der Waals surface area contributed by atoms with Gasteiger partial charge in [-0.15, -0.1) is 0 Å². The molecule has 132 valence electrons. The summed E-state index contributed by atoms with van der Waals surface area (Å²) in [4.78, 5) is 38.1. The Morgan fingerprint density at radius 3 is 2.77 bits per heavy atom. The summed E-state index contributed by atoms with van der Waals surface area (Å²) < 4.78 is 0. The summed E-state index contributed by atoms with van der Waals surface area (Å²) in [5, 5.41) is 20.3. The number of H-pyrrole nitrogens is 1. The predicted molar refractivity (Wildman–Crippen MR) is 89.1 cm³/mol. The van der Waals surface area contributed by atoms with Crippen LogP contribution in [0, 0.1) is 0 Å². The van der Waals surface area contributed by atoms with Crippen LogP contribution >= 0.6 is 0 Å². The molecule has 1 aliphatic rings. The first-order valence-electron chi connectivity index (χ1n) is 7.94. The van der Waals surface area contributed by atoms with Crippen molar-refractivity contribution in [2.75, 3.05) is 13.1 Å². The second-order valence-electron chi connectivity index (χ2n) is 6.02. The zero-order valence-electron chi connectivity index (χ0n) is 13.5. The summed E-state index contributed by atoms with van der Waals surface area (Å²) in [5.74, 6) is -0.662. The smallest absolute Gasteiger partial charge is 0.255 e. The zero-order chi connectivity index (χ0) is 18.1. The number of aromatic amines is 1. The van der Waals surface area contributed by atoms with Crippen molar-refractivity contribution in [2.45, 2.75) is 12.1 Å². The van der Waals surface area contributed by atoms with Crippen molar-refractivity contribution < 1.29 is 14.7 Å². The quantitative estimate of drug-likeness (QED) is 0.570. The van der Waals surface area contributed by atoms with E-state index in [-0.39, 0.29) is 19.0 Å². The van der Waals surface area contributed by atoms with E-state index in [9.17, 15) is 14.7 Å². The number of nitrogens with one attached hydrogen (secondary N) is 2. The predicted octanol–water partition coefficient (Wildman–Crippen LogP) is -0.637. The highest BCUT2D eigenvalue weighted by Gasteiger charge is 2.35. The van der Waals surface area contributed by atoms with Crippen LogP contribution in [0.1, 0.15) is 20.7 Å². The number of rotatable bonds is 3. The third kappa shape index (κ3) is 2.97. The SMILES string of the molecule is O=C(N[C@H]1CN(C(=O)c2cnc3[nH]ncc3c2)C[C@H]1O)c1cncnc1. The maximum atomic E-state index is 12.7. The van der Waals surface area contributed by atoms with Crippen LogP contribution < -0.4 is 5.32 Å². The number of carbonyl (C=O) groups excluding carboxylic acids is 2. The van der Waals surface area contributed by atoms with Crippen LogP contribution in [0.25, 0.3) is 11.0 Å². The van der Waals surface area contributed by atoms with Crippen molar-refractivity contribution >= 4 is 22.8 Å². The average Bonchev–Trinajstić information content (AvgIpc) is 3.28. The molecule has 2 atom stereocenters. The van der Waals surface area contributed by atoms with E-state index in [1.165, 1.54) is 29.8 Å². The number of likely N-dealkylation sites (tertiary alicyclic amines) is 1. The molecule has 0 saturated carbocycles. The Kier molecular flexibility index (Phi) is 4.01. The summed E-state index contributed by atoms with van der Waals surface area (Å²) in [6.45, 7) is 0.321. The molecule has 2 amide bonds. The highest BCUT2D eigenvalue weighted by Crippen LogP contribution is 2.17. The van der Waals surface area contributed by atoms with Gasteiger partial charge in [-0.05, 0) is 6.07 Å². The van der Waals surface area contributed by atoms with E-state index in [1.807, 2.05) is 0 Å². The van der Waals surface area contributed by atoms with Gasteiger partial charge in [0.1, 0.15) is 6.33 Å². The molecule has 3 N–H and O–H groups in total. The second-order valence-corrected chi connectivity index (χ2v) is 6.02. The monoisotopic (exact) mass is 353 g/mol. The average molecular weight is 353 g/mol. The lowest BCUT2D eigenvalue weighted by atomic mass is 10.2. The Labute approximate surface area is 147 Å². The lowest BCUT2D eigenvalue weighted by Gasteiger charge is -2.16. The maximum Gasteiger partial charge on any atom is 0.255 e. The van der Waals surface area contributed by atoms with Crippen LogP contribution in [0.2, 0.25) is 0 Å². The summed E-state index contributed by atoms with van der Waals surface area (Å²) in [6, 6.07) is 1.12. The Balaban J connectivity index is 1.46. The molecule has 0 aromatic carbocycles. The van der Waals surface area contributed by atoms with Crippen LogP contribution in [0.4, 0.5) is 0 Å². The summed E-state index contributed by atoms with van der Waals surface area (Å²) in [5.41, 5.74) is 1.28. The molecule has 10 nitrogen and oxygen atoms in total. The van der Waals surface area contributed by atoms with E-state index in [0.717, 1.165) is 5.39 Å². The molecule has 4 rings (SSSR count). The van der Waals surface area contributed by atoms with E-state index in [4.69, 9.17) is 0 Å². The van der Waals surface area contributed by atoms with Crippen LogP contribution in [-0.2, 0) is 0 Å². The van der Waals surface area contributed by atoms with Gasteiger partial charge in [-0.1, -0.05) is 0 Å². The fraction of sp³-hybridized carbons (Fsp3) is 0.250. The summed E-state index contributed by atoms with van der Waals surface area (Å²) >= 11 is 0. The van der Waals surface area contributed by atoms with Gasteiger partial charge < -0.3 is 15.3 Å². The Bertz CT molecular complexity index is 959. The first-order valence-corrected chi connectivity index (χ1v) is 7.94. The van der Waals surface area contributed by atoms with E-state index >= 15 is 0 Å². The van der Waals surface area contributed by atoms with E-state index in [1.54, 1.807) is 12.3 Å². The van der Waals surface area contributed by atoms with Crippen molar-refractivity contribution in [3.05, 3.63) is 48.3 Å². The number of pyridine rings is 1. The molecule has 3 aromatic heterocycles. The van der Waals surface area contributed by atoms with Gasteiger partial charge >= 0.3 is 0 Å². The van der Waals surface area contributed by atoms with Crippen molar-refractivity contribution in [1.82, 2.24) is 35.4 Å². The largest absolute Gasteiger partial charge is 0.389 e. The Hall–Kier alpha value is -3.40. The molecule has 3 aromatic rings. The minimum absolute atomic E-state index is 0.124. The Morgan fingerprint density at radius 1 is 1.15 bits per heavy atom. The molecule has 0 aliphatic carbocycles. The van der Waals surface area contributed by atoms with Crippen LogP contribution in [0.5, 0.6) is 0 Å². The molecule has 1 saturated heterocycles. The van der Waals surface area contributed by atoms with Gasteiger partial charge in [-0.2, -0.15) is 5.10 Å². The lowest BCUT2D eigenvalue weighted by molar-refractivity contribution is 0.0764. The first-order chi connectivity index (χ1) is 12.6. The Morgan fingerprint density at radius 2 is 1.96 bits per heavy atom. The number of aromatic nitrogens is 5. The van der Waals surface area contributed by atoms with Crippen molar-refractivity contribution in [3.8, 4) is 0 Å². The maximum absolute atomic E-state index is 12.7. The van der Waals surface area contributed by atoms with E-state index in [2.05, 4.69) is 30.5 Å². The van der Waals surface area contributed by atoms with E-state index in [0.29, 0.717) is 16.8 Å². The molecule has 0 bridgehead atoms. The zero-order valence-corrected chi connectivity index (χ0v) is 13.5. The lowest BCUT2D eigenvalue weighted by Crippen LogP contribution is -2.43. The molecule has 0 unspecified atom stereocenters. The van der Waals surface area contributed by atoms with Gasteiger partial charge in [0.15, 0.2) is 5.65 Å². The highest BCUT2D eigenvalue weighted by atomic mass is 16.3. The number of β-amino-alcohol motifs (C(OH)–C–C–N with tert-alkyl or cyclic N) is 1. The fourth-order valence-corrected chi connectivity index (χ4v) is 2.90. The molecule has 10 heteroatoms. The molecule has 4 heterocycles. The minimum Gasteiger partial charge on any atom is -0.389 e. The number of hydrogen-bond donors (Lipinski definition) is 3. The number of carbonyl (C=O) groups is 2. The number of amides is 2. The molecule has 0 radical (unpaired) electrons. The third-order valence-electron chi connectivity index (χ3n) is 4.25. The molecular weight excluding hydrogens is 338 g/mol. The van der Waals surface area contributed by atoms with Gasteiger partial charge in [0.05, 0.1) is 29.5 Å². The standard InChI is InChI=1S/C16H15N7O3/c24-13-7-23(6-12(13)21-15(25)11-2-17-8-18-3-11)16(26)10-1-9-5-20-22-14(9)19-4-10/h1-5,8,12-13,24H,6-7H2,(H,21,25)(H,19,20,22)/t12-,13+/m0/s1. The van der Waals surface area contributed by atoms with Crippen LogP contribution in [0.3, 0.4) is 0 Å². The van der Waals surface area contributed by atoms with Gasteiger partial charge in [-0.25, -0.2) is 15.0 Å². The van der Waals surface area contributed by atoms with Gasteiger partial charge in [-0.3, -0.25) is 14.7 Å². The number of hydrogen-bond acceptors (Lipinski definition) is 7. The van der Waals surface area contributed by atoms with Crippen LogP contribution in [-0.4, -0.2) is 72.2 Å². The van der Waals surface area contributed by atoms with E-state index < -0.39 is 18.1 Å². The van der Waals surface area contributed by atoms with Crippen LogP contribution in [0.15, 0.2) is 37.2 Å². The molecule has 1 aliphatic heterocycles. The topological polar surface area (TPSA) is 137 Å². The van der Waals surface area contributed by atoms with Gasteiger partial charge in [0.2, 0.25) is 0 Å². The fourth-order valence-electron chi connectivity index (χ4n) is 2.90. The molecular formula is C16H15N7O3. The number of aliphatic hydroxyl groups excluding tert-OH is 1.